The van der Waals surface area contributed by atoms with Crippen molar-refractivity contribution in [2.75, 3.05) is 25.0 Å². The number of aryl methyl sites for hydroxylation is 1. The molecule has 28 heavy (non-hydrogen) atoms. The van der Waals surface area contributed by atoms with Crippen LogP contribution in [0, 0.1) is 5.92 Å². The van der Waals surface area contributed by atoms with Crippen LogP contribution in [0.25, 0.3) is 11.4 Å². The van der Waals surface area contributed by atoms with Gasteiger partial charge in [0, 0.05) is 43.0 Å². The van der Waals surface area contributed by atoms with E-state index in [9.17, 15) is 4.79 Å². The summed E-state index contributed by atoms with van der Waals surface area (Å²) >= 11 is 0. The second-order valence-corrected chi connectivity index (χ2v) is 8.34. The number of hydrogen-bond donors (Lipinski definition) is 0. The molecule has 1 aliphatic carbocycles. The molecule has 1 saturated heterocycles. The Morgan fingerprint density at radius 1 is 1.14 bits per heavy atom. The third-order valence-corrected chi connectivity index (χ3v) is 6.14. The maximum absolute atomic E-state index is 12.9. The average Bonchev–Trinajstić information content (AvgIpc) is 3.21. The van der Waals surface area contributed by atoms with Crippen LogP contribution in [0.2, 0.25) is 0 Å². The zero-order valence-electron chi connectivity index (χ0n) is 17.2. The quantitative estimate of drug-likeness (QED) is 0.814. The van der Waals surface area contributed by atoms with Gasteiger partial charge in [-0.2, -0.15) is 0 Å². The van der Waals surface area contributed by atoms with Gasteiger partial charge in [0.2, 0.25) is 5.91 Å². The number of carbonyl (C=O) groups excluding carboxylic acids is 1. The van der Waals surface area contributed by atoms with Crippen LogP contribution in [0.15, 0.2) is 30.3 Å². The Labute approximate surface area is 167 Å². The molecule has 2 aliphatic rings. The fourth-order valence-electron chi connectivity index (χ4n) is 4.30. The second kappa shape index (κ2) is 7.90. The van der Waals surface area contributed by atoms with Crippen molar-refractivity contribution in [2.45, 2.75) is 52.0 Å². The first kappa shape index (κ1) is 18.9. The molecule has 0 unspecified atom stereocenters. The molecule has 0 N–H and O–H groups in total. The third kappa shape index (κ3) is 3.62. The highest BCUT2D eigenvalue weighted by Gasteiger charge is 2.32. The minimum atomic E-state index is 0.0494. The number of anilines is 1. The number of hydrogen-bond acceptors (Lipinski definition) is 4. The van der Waals surface area contributed by atoms with E-state index in [4.69, 9.17) is 9.97 Å². The van der Waals surface area contributed by atoms with E-state index in [1.165, 1.54) is 11.3 Å². The monoisotopic (exact) mass is 378 g/mol. The zero-order valence-corrected chi connectivity index (χ0v) is 17.2. The predicted octanol–water partition coefficient (Wildman–Crippen LogP) is 3.72. The maximum Gasteiger partial charge on any atom is 0.227 e. The fourth-order valence-corrected chi connectivity index (χ4v) is 4.30. The smallest absolute Gasteiger partial charge is 0.227 e. The van der Waals surface area contributed by atoms with Crippen LogP contribution in [0.5, 0.6) is 0 Å². The van der Waals surface area contributed by atoms with Gasteiger partial charge in [-0.3, -0.25) is 4.79 Å². The molecule has 0 saturated carbocycles. The average molecular weight is 379 g/mol. The molecule has 1 aromatic carbocycles. The number of fused-ring (bicyclic) bond motifs is 1. The van der Waals surface area contributed by atoms with Crippen LogP contribution >= 0.6 is 0 Å². The Morgan fingerprint density at radius 3 is 2.68 bits per heavy atom. The Morgan fingerprint density at radius 2 is 1.93 bits per heavy atom. The van der Waals surface area contributed by atoms with Crippen molar-refractivity contribution in [3.05, 3.63) is 41.6 Å². The van der Waals surface area contributed by atoms with Crippen molar-refractivity contribution < 1.29 is 4.79 Å². The van der Waals surface area contributed by atoms with E-state index in [-0.39, 0.29) is 17.9 Å². The van der Waals surface area contributed by atoms with Crippen LogP contribution in [-0.2, 0) is 17.6 Å². The number of benzene rings is 1. The lowest BCUT2D eigenvalue weighted by atomic mass is 9.95. The first-order valence-electron chi connectivity index (χ1n) is 10.5. The summed E-state index contributed by atoms with van der Waals surface area (Å²) in [6.07, 6.45) is 5.20. The highest BCUT2D eigenvalue weighted by Crippen LogP contribution is 2.33. The first-order valence-corrected chi connectivity index (χ1v) is 10.5. The molecule has 0 spiro atoms. The highest BCUT2D eigenvalue weighted by atomic mass is 16.2. The van der Waals surface area contributed by atoms with E-state index >= 15 is 0 Å². The minimum Gasteiger partial charge on any atom is -0.355 e. The number of carbonyl (C=O) groups is 1. The summed E-state index contributed by atoms with van der Waals surface area (Å²) < 4.78 is 0. The normalized spacial score (nSPS) is 19.0. The Kier molecular flexibility index (Phi) is 5.33. The lowest BCUT2D eigenvalue weighted by molar-refractivity contribution is -0.135. The van der Waals surface area contributed by atoms with Crippen LogP contribution in [0.4, 0.5) is 5.82 Å². The maximum atomic E-state index is 12.9. The predicted molar refractivity (Wildman–Crippen MR) is 112 cm³/mol. The highest BCUT2D eigenvalue weighted by molar-refractivity contribution is 5.80. The molecule has 0 bridgehead atoms. The first-order chi connectivity index (χ1) is 13.5. The van der Waals surface area contributed by atoms with Crippen LogP contribution < -0.4 is 4.90 Å². The van der Waals surface area contributed by atoms with Crippen molar-refractivity contribution in [2.24, 2.45) is 5.92 Å². The standard InChI is InChI=1S/C23H30N4O/c1-16(2)26(3)23(28)18-11-8-14-27(15-18)22-19-12-7-13-20(19)24-21(25-22)17-9-5-4-6-10-17/h4-6,9-10,16,18H,7-8,11-15H2,1-3H3/t18-/m0/s1. The van der Waals surface area contributed by atoms with Crippen LogP contribution in [0.1, 0.15) is 44.4 Å². The number of amides is 1. The Hall–Kier alpha value is -2.43. The lowest BCUT2D eigenvalue weighted by Gasteiger charge is -2.36. The van der Waals surface area contributed by atoms with Gasteiger partial charge in [0.1, 0.15) is 5.82 Å². The molecule has 5 nitrogen and oxygen atoms in total. The molecule has 4 rings (SSSR count). The molecule has 1 aliphatic heterocycles. The van der Waals surface area contributed by atoms with Crippen molar-refractivity contribution in [1.82, 2.24) is 14.9 Å². The number of rotatable bonds is 4. The zero-order chi connectivity index (χ0) is 19.7. The molecular formula is C23H30N4O. The summed E-state index contributed by atoms with van der Waals surface area (Å²) in [5.74, 6) is 2.18. The molecule has 0 radical (unpaired) electrons. The van der Waals surface area contributed by atoms with Gasteiger partial charge in [0.05, 0.1) is 5.92 Å². The van der Waals surface area contributed by atoms with Gasteiger partial charge in [-0.05, 0) is 46.0 Å². The van der Waals surface area contributed by atoms with E-state index in [2.05, 4.69) is 30.9 Å². The van der Waals surface area contributed by atoms with E-state index < -0.39 is 0 Å². The molecule has 2 heterocycles. The summed E-state index contributed by atoms with van der Waals surface area (Å²) in [5, 5.41) is 0. The molecule has 1 amide bonds. The van der Waals surface area contributed by atoms with Gasteiger partial charge >= 0.3 is 0 Å². The number of piperidine rings is 1. The summed E-state index contributed by atoms with van der Waals surface area (Å²) in [5.41, 5.74) is 3.55. The third-order valence-electron chi connectivity index (χ3n) is 6.14. The van der Waals surface area contributed by atoms with Gasteiger partial charge < -0.3 is 9.80 Å². The van der Waals surface area contributed by atoms with E-state index in [1.54, 1.807) is 0 Å². The van der Waals surface area contributed by atoms with Crippen molar-refractivity contribution >= 4 is 11.7 Å². The molecule has 1 fully saturated rings. The Bertz CT molecular complexity index is 849. The van der Waals surface area contributed by atoms with E-state index in [0.29, 0.717) is 0 Å². The summed E-state index contributed by atoms with van der Waals surface area (Å²) in [6.45, 7) is 5.87. The van der Waals surface area contributed by atoms with Crippen LogP contribution in [0.3, 0.4) is 0 Å². The largest absolute Gasteiger partial charge is 0.355 e. The second-order valence-electron chi connectivity index (χ2n) is 8.34. The van der Waals surface area contributed by atoms with E-state index in [1.807, 2.05) is 30.1 Å². The van der Waals surface area contributed by atoms with Crippen molar-refractivity contribution in [3.63, 3.8) is 0 Å². The lowest BCUT2D eigenvalue weighted by Crippen LogP contribution is -2.46. The molecular weight excluding hydrogens is 348 g/mol. The van der Waals surface area contributed by atoms with Gasteiger partial charge in [-0.1, -0.05) is 30.3 Å². The van der Waals surface area contributed by atoms with Gasteiger partial charge in [-0.25, -0.2) is 9.97 Å². The number of aromatic nitrogens is 2. The number of nitrogens with zero attached hydrogens (tertiary/aromatic N) is 4. The molecule has 1 aromatic heterocycles. The summed E-state index contributed by atoms with van der Waals surface area (Å²) in [6, 6.07) is 10.5. The Balaban J connectivity index is 1.65. The fraction of sp³-hybridized carbons (Fsp3) is 0.522. The summed E-state index contributed by atoms with van der Waals surface area (Å²) in [4.78, 5) is 27.0. The molecule has 5 heteroatoms. The molecule has 1 atom stereocenters. The van der Waals surface area contributed by atoms with Crippen LogP contribution in [-0.4, -0.2) is 47.0 Å². The van der Waals surface area contributed by atoms with Gasteiger partial charge in [-0.15, -0.1) is 0 Å². The van der Waals surface area contributed by atoms with Crippen molar-refractivity contribution in [3.8, 4) is 11.4 Å². The van der Waals surface area contributed by atoms with E-state index in [0.717, 1.165) is 62.4 Å². The van der Waals surface area contributed by atoms with Crippen molar-refractivity contribution in [1.29, 1.82) is 0 Å². The molecule has 148 valence electrons. The summed E-state index contributed by atoms with van der Waals surface area (Å²) in [7, 11) is 1.92. The SMILES string of the molecule is CC(C)N(C)C(=O)[C@H]1CCCN(c2nc(-c3ccccc3)nc3c2CCC3)C1. The molecule has 2 aromatic rings. The minimum absolute atomic E-state index is 0.0494. The van der Waals surface area contributed by atoms with Gasteiger partial charge in [0.25, 0.3) is 0 Å². The van der Waals surface area contributed by atoms with Gasteiger partial charge in [0.15, 0.2) is 5.82 Å². The topological polar surface area (TPSA) is 49.3 Å².